The van der Waals surface area contributed by atoms with Crippen molar-refractivity contribution in [2.45, 2.75) is 31.4 Å². The Hall–Kier alpha value is -2.58. The van der Waals surface area contributed by atoms with E-state index in [1.54, 1.807) is 18.5 Å². The summed E-state index contributed by atoms with van der Waals surface area (Å²) in [6.07, 6.45) is 5.50. The van der Waals surface area contributed by atoms with Crippen molar-refractivity contribution in [1.29, 1.82) is 0 Å². The van der Waals surface area contributed by atoms with Crippen molar-refractivity contribution in [2.75, 3.05) is 37.9 Å². The first-order chi connectivity index (χ1) is 14.6. The van der Waals surface area contributed by atoms with Crippen molar-refractivity contribution in [1.82, 2.24) is 14.9 Å². The number of benzene rings is 1. The lowest BCUT2D eigenvalue weighted by molar-refractivity contribution is -0.132. The van der Waals surface area contributed by atoms with Crippen molar-refractivity contribution >= 4 is 23.5 Å². The van der Waals surface area contributed by atoms with Crippen LogP contribution in [0.3, 0.4) is 0 Å². The number of ether oxygens (including phenoxy) is 3. The molecule has 0 N–H and O–H groups in total. The quantitative estimate of drug-likeness (QED) is 0.740. The molecule has 4 heterocycles. The zero-order valence-electron chi connectivity index (χ0n) is 16.6. The van der Waals surface area contributed by atoms with Crippen LogP contribution in [-0.4, -0.2) is 59.4 Å². The van der Waals surface area contributed by atoms with E-state index in [0.717, 1.165) is 37.4 Å². The summed E-state index contributed by atoms with van der Waals surface area (Å²) in [6, 6.07) is 5.44. The topological polar surface area (TPSA) is 77.0 Å². The molecule has 0 saturated carbocycles. The highest BCUT2D eigenvalue weighted by molar-refractivity contribution is 6.31. The zero-order valence-corrected chi connectivity index (χ0v) is 17.3. The van der Waals surface area contributed by atoms with Crippen LogP contribution in [0.15, 0.2) is 30.6 Å². The number of halogens is 1. The van der Waals surface area contributed by atoms with E-state index in [4.69, 9.17) is 25.8 Å². The van der Waals surface area contributed by atoms with Crippen molar-refractivity contribution in [2.24, 2.45) is 0 Å². The van der Waals surface area contributed by atoms with Gasteiger partial charge in [-0.15, -0.1) is 0 Å². The van der Waals surface area contributed by atoms with Gasteiger partial charge in [0.15, 0.2) is 11.5 Å². The molecule has 0 aliphatic carbocycles. The molecule has 9 heteroatoms. The van der Waals surface area contributed by atoms with Gasteiger partial charge in [-0.2, -0.15) is 0 Å². The highest BCUT2D eigenvalue weighted by Gasteiger charge is 2.41. The molecule has 0 unspecified atom stereocenters. The van der Waals surface area contributed by atoms with Crippen LogP contribution in [0.2, 0.25) is 5.02 Å². The van der Waals surface area contributed by atoms with Crippen molar-refractivity contribution in [3.63, 3.8) is 0 Å². The van der Waals surface area contributed by atoms with Crippen LogP contribution >= 0.6 is 11.6 Å². The average Bonchev–Trinajstić information content (AvgIpc) is 3.15. The number of hydrogen-bond donors (Lipinski definition) is 0. The third-order valence-corrected chi connectivity index (χ3v) is 6.32. The standard InChI is InChI=1S/C21H23ClN4O4/c22-16-11-18-17(28-14-29-18)10-15(16)12-26-13-21(30-9-2-19(26)27)3-7-25(8-4-21)20-23-5-1-6-24-20/h1,5-6,10-11H,2-4,7-9,12-14H2. The van der Waals surface area contributed by atoms with Gasteiger partial charge in [0.05, 0.1) is 25.2 Å². The number of amides is 1. The average molecular weight is 431 g/mol. The van der Waals surface area contributed by atoms with E-state index in [1.807, 2.05) is 17.0 Å². The van der Waals surface area contributed by atoms with Gasteiger partial charge < -0.3 is 24.0 Å². The van der Waals surface area contributed by atoms with E-state index >= 15 is 0 Å². The smallest absolute Gasteiger partial charge is 0.231 e. The van der Waals surface area contributed by atoms with Crippen LogP contribution in [0.4, 0.5) is 5.95 Å². The third-order valence-electron chi connectivity index (χ3n) is 5.97. The van der Waals surface area contributed by atoms with Gasteiger partial charge in [0.1, 0.15) is 0 Å². The molecule has 1 aromatic heterocycles. The Labute approximate surface area is 179 Å². The monoisotopic (exact) mass is 430 g/mol. The van der Waals surface area contributed by atoms with E-state index in [2.05, 4.69) is 14.9 Å². The molecule has 3 aliphatic heterocycles. The highest BCUT2D eigenvalue weighted by atomic mass is 35.5. The van der Waals surface area contributed by atoms with Gasteiger partial charge in [0, 0.05) is 43.1 Å². The highest BCUT2D eigenvalue weighted by Crippen LogP contribution is 2.38. The van der Waals surface area contributed by atoms with Crippen LogP contribution < -0.4 is 14.4 Å². The summed E-state index contributed by atoms with van der Waals surface area (Å²) in [5.41, 5.74) is 0.488. The molecule has 0 radical (unpaired) electrons. The fraction of sp³-hybridized carbons (Fsp3) is 0.476. The molecule has 0 bridgehead atoms. The van der Waals surface area contributed by atoms with E-state index in [-0.39, 0.29) is 18.3 Å². The van der Waals surface area contributed by atoms with Crippen molar-refractivity contribution < 1.29 is 19.0 Å². The van der Waals surface area contributed by atoms with Crippen LogP contribution in [0.25, 0.3) is 0 Å². The first-order valence-electron chi connectivity index (χ1n) is 10.1. The minimum absolute atomic E-state index is 0.0782. The maximum atomic E-state index is 12.8. The van der Waals surface area contributed by atoms with Gasteiger partial charge in [0.2, 0.25) is 18.6 Å². The summed E-state index contributed by atoms with van der Waals surface area (Å²) in [7, 11) is 0. The number of aromatic nitrogens is 2. The summed E-state index contributed by atoms with van der Waals surface area (Å²) in [6.45, 7) is 3.17. The summed E-state index contributed by atoms with van der Waals surface area (Å²) >= 11 is 6.45. The van der Waals surface area contributed by atoms with Gasteiger partial charge in [0.25, 0.3) is 0 Å². The Morgan fingerprint density at radius 1 is 1.10 bits per heavy atom. The molecule has 2 aromatic rings. The predicted molar refractivity (Wildman–Crippen MR) is 110 cm³/mol. The van der Waals surface area contributed by atoms with E-state index in [1.165, 1.54) is 0 Å². The first kappa shape index (κ1) is 19.4. The molecule has 30 heavy (non-hydrogen) atoms. The normalized spacial score (nSPS) is 20.5. The van der Waals surface area contributed by atoms with Crippen LogP contribution in [0.1, 0.15) is 24.8 Å². The number of carbonyl (C=O) groups excluding carboxylic acids is 1. The number of anilines is 1. The van der Waals surface area contributed by atoms with Crippen LogP contribution in [-0.2, 0) is 16.1 Å². The Balaban J connectivity index is 1.31. The van der Waals surface area contributed by atoms with Gasteiger partial charge in [-0.25, -0.2) is 9.97 Å². The molecule has 2 fully saturated rings. The SMILES string of the molecule is O=C1CCOC2(CCN(c3ncccn3)CC2)CN1Cc1cc2c(cc1Cl)OCO2. The van der Waals surface area contributed by atoms with E-state index < -0.39 is 0 Å². The maximum Gasteiger partial charge on any atom is 0.231 e. The van der Waals surface area contributed by atoms with Gasteiger partial charge >= 0.3 is 0 Å². The molecular weight excluding hydrogens is 408 g/mol. The van der Waals surface area contributed by atoms with Gasteiger partial charge in [-0.1, -0.05) is 11.6 Å². The maximum absolute atomic E-state index is 12.8. The van der Waals surface area contributed by atoms with Gasteiger partial charge in [-0.3, -0.25) is 4.79 Å². The van der Waals surface area contributed by atoms with Crippen LogP contribution in [0.5, 0.6) is 11.5 Å². The minimum atomic E-state index is -0.361. The molecule has 158 valence electrons. The fourth-order valence-electron chi connectivity index (χ4n) is 4.30. The lowest BCUT2D eigenvalue weighted by Crippen LogP contribution is -2.52. The fourth-order valence-corrected chi connectivity index (χ4v) is 4.51. The second kappa shape index (κ2) is 7.92. The largest absolute Gasteiger partial charge is 0.454 e. The molecule has 1 amide bonds. The number of nitrogens with zero attached hydrogens (tertiary/aromatic N) is 4. The number of piperidine rings is 1. The molecule has 1 spiro atoms. The Kier molecular flexibility index (Phi) is 5.12. The minimum Gasteiger partial charge on any atom is -0.454 e. The number of fused-ring (bicyclic) bond motifs is 1. The molecular formula is C21H23ClN4O4. The third kappa shape index (κ3) is 3.77. The number of carbonyl (C=O) groups is 1. The van der Waals surface area contributed by atoms with Crippen molar-refractivity contribution in [3.05, 3.63) is 41.2 Å². The summed E-state index contributed by atoms with van der Waals surface area (Å²) < 4.78 is 17.1. The Bertz CT molecular complexity index is 934. The molecule has 8 nitrogen and oxygen atoms in total. The number of rotatable bonds is 3. The summed E-state index contributed by atoms with van der Waals surface area (Å²) in [5.74, 6) is 2.12. The summed E-state index contributed by atoms with van der Waals surface area (Å²) in [4.78, 5) is 25.5. The lowest BCUT2D eigenvalue weighted by atomic mass is 9.90. The predicted octanol–water partition coefficient (Wildman–Crippen LogP) is 2.65. The second-order valence-electron chi connectivity index (χ2n) is 7.86. The molecule has 3 aliphatic rings. The van der Waals surface area contributed by atoms with E-state index in [0.29, 0.717) is 42.6 Å². The van der Waals surface area contributed by atoms with E-state index in [9.17, 15) is 4.79 Å². The summed E-state index contributed by atoms with van der Waals surface area (Å²) in [5, 5.41) is 0.572. The molecule has 5 rings (SSSR count). The van der Waals surface area contributed by atoms with Gasteiger partial charge in [-0.05, 0) is 30.5 Å². The molecule has 0 atom stereocenters. The lowest BCUT2D eigenvalue weighted by Gasteiger charge is -2.42. The Morgan fingerprint density at radius 2 is 1.83 bits per heavy atom. The van der Waals surface area contributed by atoms with Crippen LogP contribution in [0, 0.1) is 0 Å². The zero-order chi connectivity index (χ0) is 20.6. The first-order valence-corrected chi connectivity index (χ1v) is 10.5. The second-order valence-corrected chi connectivity index (χ2v) is 8.27. The van der Waals surface area contributed by atoms with Crippen molar-refractivity contribution in [3.8, 4) is 11.5 Å². The molecule has 1 aromatic carbocycles. The molecule has 2 saturated heterocycles. The Morgan fingerprint density at radius 3 is 2.60 bits per heavy atom. The number of hydrogen-bond acceptors (Lipinski definition) is 7.